The minimum Gasteiger partial charge on any atom is -0.339 e. The molecule has 1 amide bonds. The summed E-state index contributed by atoms with van der Waals surface area (Å²) in [6.45, 7) is 5.38. The van der Waals surface area contributed by atoms with Crippen LogP contribution in [-0.2, 0) is 4.79 Å². The van der Waals surface area contributed by atoms with E-state index >= 15 is 0 Å². The molecule has 1 aliphatic carbocycles. The summed E-state index contributed by atoms with van der Waals surface area (Å²) in [5.41, 5.74) is 6.25. The largest absolute Gasteiger partial charge is 0.339 e. The Labute approximate surface area is 117 Å². The molecule has 0 radical (unpaired) electrons. The fourth-order valence-electron chi connectivity index (χ4n) is 4.00. The zero-order valence-corrected chi connectivity index (χ0v) is 12.6. The molecule has 4 atom stereocenters. The van der Waals surface area contributed by atoms with Crippen molar-refractivity contribution in [3.05, 3.63) is 0 Å². The Hall–Kier alpha value is -0.570. The SMILES string of the molecule is CCCC1CCCCN1C(=O)C1C(C)CCCC1N. The first-order valence-corrected chi connectivity index (χ1v) is 8.21. The number of carbonyl (C=O) groups is 1. The van der Waals surface area contributed by atoms with Crippen molar-refractivity contribution < 1.29 is 4.79 Å². The predicted octanol–water partition coefficient (Wildman–Crippen LogP) is 2.93. The molecule has 4 unspecified atom stereocenters. The topological polar surface area (TPSA) is 46.3 Å². The average Bonchev–Trinajstić information content (AvgIpc) is 2.39. The summed E-state index contributed by atoms with van der Waals surface area (Å²) >= 11 is 0. The van der Waals surface area contributed by atoms with E-state index in [0.29, 0.717) is 17.9 Å². The Morgan fingerprint density at radius 2 is 2.00 bits per heavy atom. The van der Waals surface area contributed by atoms with E-state index in [-0.39, 0.29) is 12.0 Å². The molecule has 0 bridgehead atoms. The van der Waals surface area contributed by atoms with Gasteiger partial charge in [-0.05, 0) is 44.4 Å². The van der Waals surface area contributed by atoms with Crippen molar-refractivity contribution >= 4 is 5.91 Å². The van der Waals surface area contributed by atoms with Crippen LogP contribution in [0.1, 0.15) is 65.2 Å². The van der Waals surface area contributed by atoms with E-state index in [9.17, 15) is 4.79 Å². The smallest absolute Gasteiger partial charge is 0.227 e. The van der Waals surface area contributed by atoms with Gasteiger partial charge in [-0.25, -0.2) is 0 Å². The number of amides is 1. The molecule has 1 heterocycles. The van der Waals surface area contributed by atoms with Crippen molar-refractivity contribution in [3.63, 3.8) is 0 Å². The van der Waals surface area contributed by atoms with Crippen molar-refractivity contribution in [1.29, 1.82) is 0 Å². The van der Waals surface area contributed by atoms with Gasteiger partial charge < -0.3 is 10.6 Å². The van der Waals surface area contributed by atoms with E-state index in [1.54, 1.807) is 0 Å². The molecule has 0 spiro atoms. The average molecular weight is 266 g/mol. The van der Waals surface area contributed by atoms with E-state index in [4.69, 9.17) is 5.73 Å². The Kier molecular flexibility index (Phi) is 5.26. The fourth-order valence-corrected chi connectivity index (χ4v) is 4.00. The van der Waals surface area contributed by atoms with Crippen molar-refractivity contribution in [3.8, 4) is 0 Å². The van der Waals surface area contributed by atoms with Crippen LogP contribution in [0.2, 0.25) is 0 Å². The van der Waals surface area contributed by atoms with Crippen LogP contribution in [-0.4, -0.2) is 29.4 Å². The van der Waals surface area contributed by atoms with Crippen molar-refractivity contribution in [2.45, 2.75) is 77.3 Å². The summed E-state index contributed by atoms with van der Waals surface area (Å²) in [5, 5.41) is 0. The van der Waals surface area contributed by atoms with Crippen molar-refractivity contribution in [1.82, 2.24) is 4.90 Å². The monoisotopic (exact) mass is 266 g/mol. The summed E-state index contributed by atoms with van der Waals surface area (Å²) in [6, 6.07) is 0.563. The van der Waals surface area contributed by atoms with Crippen LogP contribution in [0.3, 0.4) is 0 Å². The maximum absolute atomic E-state index is 12.9. The molecule has 19 heavy (non-hydrogen) atoms. The van der Waals surface area contributed by atoms with E-state index in [1.165, 1.54) is 32.1 Å². The van der Waals surface area contributed by atoms with Gasteiger partial charge in [0.1, 0.15) is 0 Å². The van der Waals surface area contributed by atoms with Crippen LogP contribution >= 0.6 is 0 Å². The summed E-state index contributed by atoms with van der Waals surface area (Å²) in [5.74, 6) is 0.893. The van der Waals surface area contributed by atoms with Crippen LogP contribution < -0.4 is 5.73 Å². The van der Waals surface area contributed by atoms with Crippen LogP contribution in [0.15, 0.2) is 0 Å². The molecule has 3 nitrogen and oxygen atoms in total. The number of hydrogen-bond donors (Lipinski definition) is 1. The van der Waals surface area contributed by atoms with E-state index in [0.717, 1.165) is 25.8 Å². The highest BCUT2D eigenvalue weighted by Crippen LogP contribution is 2.32. The first kappa shape index (κ1) is 14.8. The molecule has 2 aliphatic rings. The molecule has 1 aliphatic heterocycles. The molecule has 1 saturated carbocycles. The van der Waals surface area contributed by atoms with Gasteiger partial charge in [0.25, 0.3) is 0 Å². The highest BCUT2D eigenvalue weighted by atomic mass is 16.2. The highest BCUT2D eigenvalue weighted by molar-refractivity contribution is 5.80. The molecule has 0 aromatic carbocycles. The summed E-state index contributed by atoms with van der Waals surface area (Å²) in [4.78, 5) is 15.1. The molecule has 1 saturated heterocycles. The van der Waals surface area contributed by atoms with E-state index in [2.05, 4.69) is 18.7 Å². The lowest BCUT2D eigenvalue weighted by Crippen LogP contribution is -2.53. The molecular formula is C16H30N2O. The highest BCUT2D eigenvalue weighted by Gasteiger charge is 2.38. The first-order chi connectivity index (χ1) is 9.15. The Morgan fingerprint density at radius 1 is 1.21 bits per heavy atom. The Balaban J connectivity index is 2.07. The molecule has 110 valence electrons. The quantitative estimate of drug-likeness (QED) is 0.853. The maximum Gasteiger partial charge on any atom is 0.227 e. The second-order valence-corrected chi connectivity index (χ2v) is 6.57. The van der Waals surface area contributed by atoms with Gasteiger partial charge in [0, 0.05) is 18.6 Å². The lowest BCUT2D eigenvalue weighted by molar-refractivity contribution is -0.143. The summed E-state index contributed by atoms with van der Waals surface area (Å²) in [6.07, 6.45) is 9.33. The van der Waals surface area contributed by atoms with Gasteiger partial charge in [-0.15, -0.1) is 0 Å². The first-order valence-electron chi connectivity index (χ1n) is 8.21. The molecule has 0 aromatic heterocycles. The second kappa shape index (κ2) is 6.74. The van der Waals surface area contributed by atoms with Crippen LogP contribution in [0.5, 0.6) is 0 Å². The van der Waals surface area contributed by atoms with Crippen molar-refractivity contribution in [2.75, 3.05) is 6.54 Å². The normalized spacial score (nSPS) is 36.3. The number of carbonyl (C=O) groups excluding carboxylic acids is 1. The van der Waals surface area contributed by atoms with Gasteiger partial charge in [0.2, 0.25) is 5.91 Å². The summed E-state index contributed by atoms with van der Waals surface area (Å²) < 4.78 is 0. The maximum atomic E-state index is 12.9. The van der Waals surface area contributed by atoms with Crippen LogP contribution in [0.25, 0.3) is 0 Å². The standard InChI is InChI=1S/C16H30N2O/c1-3-7-13-9-4-5-11-18(13)16(19)15-12(2)8-6-10-14(15)17/h12-15H,3-11,17H2,1-2H3. The third kappa shape index (κ3) is 3.31. The number of likely N-dealkylation sites (tertiary alicyclic amines) is 1. The van der Waals surface area contributed by atoms with Gasteiger partial charge in [-0.2, -0.15) is 0 Å². The molecule has 2 fully saturated rings. The minimum atomic E-state index is 0.0752. The zero-order chi connectivity index (χ0) is 13.8. The molecular weight excluding hydrogens is 236 g/mol. The third-order valence-corrected chi connectivity index (χ3v) is 5.09. The van der Waals surface area contributed by atoms with Crippen molar-refractivity contribution in [2.24, 2.45) is 17.6 Å². The molecule has 3 heteroatoms. The zero-order valence-electron chi connectivity index (χ0n) is 12.6. The van der Waals surface area contributed by atoms with Gasteiger partial charge in [0.05, 0.1) is 5.92 Å². The van der Waals surface area contributed by atoms with Gasteiger partial charge in [0.15, 0.2) is 0 Å². The number of hydrogen-bond acceptors (Lipinski definition) is 2. The second-order valence-electron chi connectivity index (χ2n) is 6.57. The summed E-state index contributed by atoms with van der Waals surface area (Å²) in [7, 11) is 0. The van der Waals surface area contributed by atoms with Gasteiger partial charge in [-0.3, -0.25) is 4.79 Å². The number of piperidine rings is 1. The third-order valence-electron chi connectivity index (χ3n) is 5.09. The lowest BCUT2D eigenvalue weighted by Gasteiger charge is -2.42. The molecule has 2 N–H and O–H groups in total. The minimum absolute atomic E-state index is 0.0752. The van der Waals surface area contributed by atoms with Gasteiger partial charge in [-0.1, -0.05) is 26.7 Å². The number of nitrogens with zero attached hydrogens (tertiary/aromatic N) is 1. The predicted molar refractivity (Wildman–Crippen MR) is 78.7 cm³/mol. The molecule has 2 rings (SSSR count). The van der Waals surface area contributed by atoms with E-state index < -0.39 is 0 Å². The molecule has 0 aromatic rings. The van der Waals surface area contributed by atoms with Crippen LogP contribution in [0.4, 0.5) is 0 Å². The Morgan fingerprint density at radius 3 is 2.68 bits per heavy atom. The van der Waals surface area contributed by atoms with Gasteiger partial charge >= 0.3 is 0 Å². The van der Waals surface area contributed by atoms with Crippen LogP contribution in [0, 0.1) is 11.8 Å². The Bertz CT molecular complexity index is 293. The number of rotatable bonds is 3. The number of nitrogens with two attached hydrogens (primary N) is 1. The lowest BCUT2D eigenvalue weighted by atomic mass is 9.76. The fraction of sp³-hybridized carbons (Fsp3) is 0.938. The van der Waals surface area contributed by atoms with E-state index in [1.807, 2.05) is 0 Å².